The maximum atomic E-state index is 12.8. The quantitative estimate of drug-likeness (QED) is 0.522. The Hall–Kier alpha value is -3.81. The number of amides is 1. The molecule has 0 saturated carbocycles. The van der Waals surface area contributed by atoms with E-state index in [9.17, 15) is 9.59 Å². The number of hydrogen-bond donors (Lipinski definition) is 0. The van der Waals surface area contributed by atoms with Gasteiger partial charge in [-0.2, -0.15) is 0 Å². The summed E-state index contributed by atoms with van der Waals surface area (Å²) in [7, 11) is 3.36. The van der Waals surface area contributed by atoms with Crippen molar-refractivity contribution in [2.45, 2.75) is 13.1 Å². The third-order valence-corrected chi connectivity index (χ3v) is 4.81. The number of benzene rings is 1. The lowest BCUT2D eigenvalue weighted by atomic mass is 10.2. The van der Waals surface area contributed by atoms with Crippen LogP contribution >= 0.6 is 0 Å². The second kappa shape index (κ2) is 7.67. The molecule has 4 aromatic rings. The number of nitrogens with zero attached hydrogens (tertiary/aromatic N) is 6. The van der Waals surface area contributed by atoms with Crippen LogP contribution in [0.4, 0.5) is 0 Å². The molecule has 0 bridgehead atoms. The summed E-state index contributed by atoms with van der Waals surface area (Å²) in [5, 5.41) is 0. The Balaban J connectivity index is 1.66. The van der Waals surface area contributed by atoms with Gasteiger partial charge in [-0.15, -0.1) is 0 Å². The summed E-state index contributed by atoms with van der Waals surface area (Å²) in [6.45, 7) is 0.341. The molecule has 3 heterocycles. The van der Waals surface area contributed by atoms with Crippen molar-refractivity contribution in [3.8, 4) is 11.4 Å². The highest BCUT2D eigenvalue weighted by molar-refractivity contribution is 5.79. The van der Waals surface area contributed by atoms with Gasteiger partial charge in [0.25, 0.3) is 0 Å². The van der Waals surface area contributed by atoms with Crippen LogP contribution in [0.25, 0.3) is 22.6 Å². The number of carbonyl (C=O) groups excluding carboxylic acids is 1. The minimum atomic E-state index is -0.301. The fourth-order valence-electron chi connectivity index (χ4n) is 3.15. The Bertz CT molecular complexity index is 1210. The average molecular weight is 387 g/mol. The van der Waals surface area contributed by atoms with E-state index in [1.54, 1.807) is 37.6 Å². The van der Waals surface area contributed by atoms with Crippen molar-refractivity contribution >= 4 is 17.1 Å². The summed E-state index contributed by atoms with van der Waals surface area (Å²) < 4.78 is 2.86. The van der Waals surface area contributed by atoms with E-state index in [0.29, 0.717) is 23.5 Å². The molecule has 4 rings (SSSR count). The highest BCUT2D eigenvalue weighted by Gasteiger charge is 2.18. The molecule has 0 saturated heterocycles. The van der Waals surface area contributed by atoms with Crippen molar-refractivity contribution in [3.05, 3.63) is 77.1 Å². The maximum Gasteiger partial charge on any atom is 0.330 e. The Morgan fingerprint density at radius 1 is 1.10 bits per heavy atom. The highest BCUT2D eigenvalue weighted by Crippen LogP contribution is 2.17. The summed E-state index contributed by atoms with van der Waals surface area (Å²) in [6.07, 6.45) is 4.99. The fraction of sp³-hybridized carbons (Fsp3) is 0.190. The number of fused-ring (bicyclic) bond motifs is 1. The summed E-state index contributed by atoms with van der Waals surface area (Å²) in [4.78, 5) is 40.0. The molecular weight excluding hydrogens is 367 g/mol. The predicted molar refractivity (Wildman–Crippen MR) is 109 cm³/mol. The van der Waals surface area contributed by atoms with Crippen molar-refractivity contribution in [2.24, 2.45) is 7.05 Å². The minimum absolute atomic E-state index is 0.0942. The van der Waals surface area contributed by atoms with Crippen molar-refractivity contribution in [1.82, 2.24) is 29.0 Å². The topological polar surface area (TPSA) is 85.9 Å². The van der Waals surface area contributed by atoms with E-state index in [1.807, 2.05) is 42.5 Å². The fourth-order valence-corrected chi connectivity index (χ4v) is 3.15. The second-order valence-electron chi connectivity index (χ2n) is 6.80. The largest absolute Gasteiger partial charge is 0.340 e. The number of aromatic nitrogens is 5. The molecular formula is C21H20N6O2. The number of pyridine rings is 1. The molecule has 3 aromatic heterocycles. The van der Waals surface area contributed by atoms with Gasteiger partial charge < -0.3 is 4.90 Å². The van der Waals surface area contributed by atoms with Gasteiger partial charge >= 0.3 is 5.69 Å². The second-order valence-corrected chi connectivity index (χ2v) is 6.80. The van der Waals surface area contributed by atoms with E-state index in [0.717, 1.165) is 11.1 Å². The molecule has 0 aliphatic heterocycles. The van der Waals surface area contributed by atoms with Gasteiger partial charge in [0.1, 0.15) is 12.1 Å². The zero-order chi connectivity index (χ0) is 20.4. The summed E-state index contributed by atoms with van der Waals surface area (Å²) in [6, 6.07) is 13.2. The SMILES string of the molecule is CN(Cc1ccncc1)C(=O)Cn1c(=O)n([11CH3])c2cnc(-c3ccccc3)nc21. The lowest BCUT2D eigenvalue weighted by Gasteiger charge is -2.17. The monoisotopic (exact) mass is 387 g/mol. The van der Waals surface area contributed by atoms with Crippen LogP contribution in [0, 0.1) is 0 Å². The van der Waals surface area contributed by atoms with Crippen LogP contribution in [0.2, 0.25) is 0 Å². The van der Waals surface area contributed by atoms with E-state index in [-0.39, 0.29) is 18.1 Å². The Kier molecular flexibility index (Phi) is 4.90. The lowest BCUT2D eigenvalue weighted by molar-refractivity contribution is -0.131. The normalized spacial score (nSPS) is 11.0. The van der Waals surface area contributed by atoms with Gasteiger partial charge in [0.15, 0.2) is 11.5 Å². The van der Waals surface area contributed by atoms with Gasteiger partial charge in [0.05, 0.1) is 6.20 Å². The van der Waals surface area contributed by atoms with Crippen LogP contribution in [0.1, 0.15) is 5.56 Å². The Labute approximate surface area is 167 Å². The predicted octanol–water partition coefficient (Wildman–Crippen LogP) is 1.85. The summed E-state index contributed by atoms with van der Waals surface area (Å²) >= 11 is 0. The third-order valence-electron chi connectivity index (χ3n) is 4.81. The number of imidazole rings is 1. The van der Waals surface area contributed by atoms with E-state index in [1.165, 1.54) is 9.13 Å². The molecule has 0 atom stereocenters. The van der Waals surface area contributed by atoms with Gasteiger partial charge in [-0.05, 0) is 17.7 Å². The third kappa shape index (κ3) is 3.64. The number of carbonyl (C=O) groups is 1. The van der Waals surface area contributed by atoms with Crippen LogP contribution in [0.3, 0.4) is 0 Å². The first-order valence-corrected chi connectivity index (χ1v) is 9.15. The van der Waals surface area contributed by atoms with Crippen molar-refractivity contribution in [2.75, 3.05) is 7.05 Å². The molecule has 8 nitrogen and oxygen atoms in total. The summed E-state index contributed by atoms with van der Waals surface area (Å²) in [5.41, 5.74) is 2.54. The molecule has 0 radical (unpaired) electrons. The van der Waals surface area contributed by atoms with Gasteiger partial charge in [-0.3, -0.25) is 18.9 Å². The molecule has 29 heavy (non-hydrogen) atoms. The van der Waals surface area contributed by atoms with Crippen LogP contribution in [-0.2, 0) is 24.9 Å². The van der Waals surface area contributed by atoms with Gasteiger partial charge in [-0.25, -0.2) is 14.8 Å². The van der Waals surface area contributed by atoms with Crippen molar-refractivity contribution in [3.63, 3.8) is 0 Å². The van der Waals surface area contributed by atoms with E-state index < -0.39 is 0 Å². The Morgan fingerprint density at radius 3 is 2.55 bits per heavy atom. The minimum Gasteiger partial charge on any atom is -0.340 e. The Morgan fingerprint density at radius 2 is 1.83 bits per heavy atom. The smallest absolute Gasteiger partial charge is 0.330 e. The van der Waals surface area contributed by atoms with Gasteiger partial charge in [0, 0.05) is 38.6 Å². The van der Waals surface area contributed by atoms with Crippen LogP contribution < -0.4 is 5.69 Å². The van der Waals surface area contributed by atoms with E-state index >= 15 is 0 Å². The molecule has 8 heteroatoms. The summed E-state index contributed by atoms with van der Waals surface area (Å²) in [5.74, 6) is 0.325. The number of hydrogen-bond acceptors (Lipinski definition) is 5. The average Bonchev–Trinajstić information content (AvgIpc) is 2.99. The standard InChI is InChI=1S/C21H20N6O2/c1-25(13-15-8-10-22-11-9-15)18(28)14-27-20-17(26(2)21(27)29)12-23-19(24-20)16-6-4-3-5-7-16/h3-12H,13-14H2,1-2H3/i2-1. The molecule has 1 aromatic carbocycles. The first-order valence-electron chi connectivity index (χ1n) is 9.15. The lowest BCUT2D eigenvalue weighted by Crippen LogP contribution is -2.34. The van der Waals surface area contributed by atoms with E-state index in [4.69, 9.17) is 0 Å². The number of rotatable bonds is 5. The molecule has 0 unspecified atom stereocenters. The van der Waals surface area contributed by atoms with Crippen LogP contribution in [0.15, 0.2) is 65.8 Å². The van der Waals surface area contributed by atoms with Gasteiger partial charge in [0.2, 0.25) is 5.91 Å². The van der Waals surface area contributed by atoms with Crippen molar-refractivity contribution in [1.29, 1.82) is 0 Å². The van der Waals surface area contributed by atoms with Crippen LogP contribution in [-0.4, -0.2) is 41.9 Å². The number of likely N-dealkylation sites (N-methyl/N-ethyl adjacent to an activating group) is 1. The zero-order valence-electron chi connectivity index (χ0n) is 16.2. The van der Waals surface area contributed by atoms with Gasteiger partial charge in [-0.1, -0.05) is 30.3 Å². The molecule has 0 N–H and O–H groups in total. The first kappa shape index (κ1) is 18.5. The highest BCUT2D eigenvalue weighted by atomic mass is 16.2. The van der Waals surface area contributed by atoms with Crippen molar-refractivity contribution < 1.29 is 4.79 Å². The van der Waals surface area contributed by atoms with Crippen LogP contribution in [0.5, 0.6) is 0 Å². The molecule has 0 aliphatic carbocycles. The zero-order valence-corrected chi connectivity index (χ0v) is 16.2. The first-order chi connectivity index (χ1) is 14.0. The molecule has 0 spiro atoms. The molecule has 146 valence electrons. The maximum absolute atomic E-state index is 12.8. The van der Waals surface area contributed by atoms with E-state index in [2.05, 4.69) is 15.0 Å². The number of aryl methyl sites for hydroxylation is 1. The molecule has 0 aliphatic rings. The molecule has 1 amide bonds. The molecule has 0 fully saturated rings.